The van der Waals surface area contributed by atoms with Gasteiger partial charge in [-0.3, -0.25) is 24.4 Å². The molecule has 1 saturated heterocycles. The summed E-state index contributed by atoms with van der Waals surface area (Å²) in [5.41, 5.74) is 3.95. The number of ether oxygens (including phenoxy) is 1. The summed E-state index contributed by atoms with van der Waals surface area (Å²) in [6.45, 7) is 5.76. The lowest BCUT2D eigenvalue weighted by Gasteiger charge is -2.36. The maximum absolute atomic E-state index is 13.5. The van der Waals surface area contributed by atoms with Gasteiger partial charge >= 0.3 is 0 Å². The lowest BCUT2D eigenvalue weighted by Crippen LogP contribution is -2.47. The number of para-hydroxylation sites is 2. The van der Waals surface area contributed by atoms with E-state index in [1.54, 1.807) is 47.4 Å². The van der Waals surface area contributed by atoms with Crippen LogP contribution in [0, 0.1) is 5.82 Å². The summed E-state index contributed by atoms with van der Waals surface area (Å²) in [5.74, 6) is -0.0200. The minimum atomic E-state index is -0.327. The Morgan fingerprint density at radius 3 is 2.39 bits per heavy atom. The second-order valence-electron chi connectivity index (χ2n) is 10.9. The van der Waals surface area contributed by atoms with Crippen molar-refractivity contribution in [3.05, 3.63) is 126 Å². The molecule has 1 aromatic heterocycles. The molecular formula is C35H34FN5O3. The molecule has 3 aromatic carbocycles. The number of aromatic nitrogens is 1. The Hall–Kier alpha value is -5.02. The molecule has 1 fully saturated rings. The van der Waals surface area contributed by atoms with Gasteiger partial charge in [-0.2, -0.15) is 0 Å². The van der Waals surface area contributed by atoms with Crippen molar-refractivity contribution in [2.24, 2.45) is 0 Å². The van der Waals surface area contributed by atoms with E-state index in [9.17, 15) is 14.0 Å². The first-order chi connectivity index (χ1) is 21.5. The monoisotopic (exact) mass is 591 g/mol. The summed E-state index contributed by atoms with van der Waals surface area (Å²) in [5, 5.41) is 3.02. The molecule has 1 N–H and O–H groups in total. The third-order valence-corrected chi connectivity index (χ3v) is 7.89. The Morgan fingerprint density at radius 1 is 0.909 bits per heavy atom. The molecule has 0 atom stereocenters. The second-order valence-corrected chi connectivity index (χ2v) is 10.9. The van der Waals surface area contributed by atoms with E-state index in [2.05, 4.69) is 20.1 Å². The number of anilines is 2. The summed E-state index contributed by atoms with van der Waals surface area (Å²) in [7, 11) is 0. The Labute approximate surface area is 256 Å². The van der Waals surface area contributed by atoms with Crippen LogP contribution in [0.3, 0.4) is 0 Å². The lowest BCUT2D eigenvalue weighted by atomic mass is 10.1. The molecule has 0 spiro atoms. The van der Waals surface area contributed by atoms with E-state index in [1.165, 1.54) is 17.8 Å². The molecule has 9 heteroatoms. The van der Waals surface area contributed by atoms with Crippen LogP contribution in [0.15, 0.2) is 103 Å². The Bertz CT molecular complexity index is 1620. The molecule has 0 radical (unpaired) electrons. The zero-order chi connectivity index (χ0) is 30.3. The first-order valence-corrected chi connectivity index (χ1v) is 14.8. The van der Waals surface area contributed by atoms with Gasteiger partial charge in [-0.05, 0) is 78.7 Å². The second kappa shape index (κ2) is 13.5. The Kier molecular flexibility index (Phi) is 8.93. The number of carbonyl (C=O) groups is 2. The number of nitrogens with zero attached hydrogens (tertiary/aromatic N) is 4. The molecule has 8 nitrogen and oxygen atoms in total. The van der Waals surface area contributed by atoms with Crippen LogP contribution in [0.25, 0.3) is 6.08 Å². The first-order valence-electron chi connectivity index (χ1n) is 14.8. The molecule has 0 bridgehead atoms. The van der Waals surface area contributed by atoms with Crippen LogP contribution in [-0.2, 0) is 11.3 Å². The number of hydrogen-bond donors (Lipinski definition) is 1. The van der Waals surface area contributed by atoms with Crippen molar-refractivity contribution in [1.82, 2.24) is 15.2 Å². The van der Waals surface area contributed by atoms with Gasteiger partial charge in [-0.1, -0.05) is 36.4 Å². The van der Waals surface area contributed by atoms with Gasteiger partial charge < -0.3 is 15.0 Å². The summed E-state index contributed by atoms with van der Waals surface area (Å²) in [4.78, 5) is 36.8. The predicted octanol–water partition coefficient (Wildman–Crippen LogP) is 5.13. The largest absolute Gasteiger partial charge is 0.449 e. The molecule has 2 aliphatic rings. The van der Waals surface area contributed by atoms with Gasteiger partial charge in [0.2, 0.25) is 0 Å². The third kappa shape index (κ3) is 6.95. The van der Waals surface area contributed by atoms with Gasteiger partial charge in [0.1, 0.15) is 5.82 Å². The van der Waals surface area contributed by atoms with E-state index < -0.39 is 0 Å². The van der Waals surface area contributed by atoms with Crippen LogP contribution in [0.1, 0.15) is 27.9 Å². The fraction of sp³-hybridized carbons (Fsp3) is 0.229. The molecular weight excluding hydrogens is 557 g/mol. The molecule has 0 saturated carbocycles. The van der Waals surface area contributed by atoms with Gasteiger partial charge in [0, 0.05) is 56.4 Å². The van der Waals surface area contributed by atoms with Crippen molar-refractivity contribution in [3.8, 4) is 5.75 Å². The van der Waals surface area contributed by atoms with Crippen molar-refractivity contribution in [3.63, 3.8) is 0 Å². The summed E-state index contributed by atoms with van der Waals surface area (Å²) in [6.07, 6.45) is 6.20. The Morgan fingerprint density at radius 2 is 1.64 bits per heavy atom. The number of amides is 2. The lowest BCUT2D eigenvalue weighted by molar-refractivity contribution is -0.117. The zero-order valence-corrected chi connectivity index (χ0v) is 24.4. The van der Waals surface area contributed by atoms with Crippen LogP contribution < -0.4 is 19.9 Å². The number of hydrogen-bond acceptors (Lipinski definition) is 6. The highest BCUT2D eigenvalue weighted by Crippen LogP contribution is 2.36. The van der Waals surface area contributed by atoms with Gasteiger partial charge in [0.05, 0.1) is 12.2 Å². The van der Waals surface area contributed by atoms with Crippen molar-refractivity contribution in [1.29, 1.82) is 0 Å². The fourth-order valence-corrected chi connectivity index (χ4v) is 5.46. The van der Waals surface area contributed by atoms with Crippen molar-refractivity contribution < 1.29 is 18.7 Å². The zero-order valence-electron chi connectivity index (χ0n) is 24.4. The third-order valence-electron chi connectivity index (χ3n) is 7.89. The minimum absolute atomic E-state index is 0.129. The van der Waals surface area contributed by atoms with Gasteiger partial charge in [-0.25, -0.2) is 4.39 Å². The molecule has 3 heterocycles. The quantitative estimate of drug-likeness (QED) is 0.215. The van der Waals surface area contributed by atoms with Crippen molar-refractivity contribution in [2.75, 3.05) is 49.1 Å². The van der Waals surface area contributed by atoms with Crippen LogP contribution in [0.5, 0.6) is 5.75 Å². The molecule has 224 valence electrons. The average molecular weight is 592 g/mol. The number of nitrogens with one attached hydrogen (secondary N) is 1. The van der Waals surface area contributed by atoms with E-state index in [0.29, 0.717) is 23.5 Å². The number of halogens is 1. The molecule has 0 aliphatic carbocycles. The number of piperazine rings is 1. The van der Waals surface area contributed by atoms with Crippen LogP contribution in [0.4, 0.5) is 15.8 Å². The summed E-state index contributed by atoms with van der Waals surface area (Å²) in [6, 6.07) is 24.6. The number of carbonyl (C=O) groups excluding carboxylic acids is 2. The predicted molar refractivity (Wildman–Crippen MR) is 169 cm³/mol. The van der Waals surface area contributed by atoms with Gasteiger partial charge in [-0.15, -0.1) is 0 Å². The highest BCUT2D eigenvalue weighted by molar-refractivity contribution is 6.09. The van der Waals surface area contributed by atoms with E-state index in [-0.39, 0.29) is 29.9 Å². The molecule has 0 unspecified atom stereocenters. The van der Waals surface area contributed by atoms with Crippen LogP contribution in [0.2, 0.25) is 0 Å². The van der Waals surface area contributed by atoms with Crippen LogP contribution >= 0.6 is 0 Å². The maximum Gasteiger partial charge on any atom is 0.294 e. The summed E-state index contributed by atoms with van der Waals surface area (Å²) >= 11 is 0. The van der Waals surface area contributed by atoms with E-state index >= 15 is 0 Å². The van der Waals surface area contributed by atoms with Crippen LogP contribution in [-0.4, -0.2) is 61.0 Å². The fourth-order valence-electron chi connectivity index (χ4n) is 5.46. The van der Waals surface area contributed by atoms with Gasteiger partial charge in [0.25, 0.3) is 11.8 Å². The molecule has 6 rings (SSSR count). The van der Waals surface area contributed by atoms with Gasteiger partial charge in [0.15, 0.2) is 11.5 Å². The smallest absolute Gasteiger partial charge is 0.294 e. The normalized spacial score (nSPS) is 16.0. The number of benzene rings is 3. The standard InChI is InChI=1S/C35H34FN5O3/c36-29-12-8-27(9-13-29)25-41-31-4-1-2-5-32(31)44-33(35(41)43)24-26-6-10-28(11-7-26)34(42)38-16-3-19-39-20-22-40(23-21-39)30-14-17-37-18-15-30/h1-2,4-15,17-18,24H,3,16,19-23,25H2,(H,38,42)/b33-24-. The molecule has 44 heavy (non-hydrogen) atoms. The van der Waals surface area contributed by atoms with E-state index in [4.69, 9.17) is 4.74 Å². The molecule has 2 amide bonds. The number of rotatable bonds is 9. The van der Waals surface area contributed by atoms with E-state index in [0.717, 1.165) is 50.3 Å². The highest BCUT2D eigenvalue weighted by atomic mass is 19.1. The maximum atomic E-state index is 13.5. The SMILES string of the molecule is O=C(NCCCN1CCN(c2ccncc2)CC1)c1ccc(/C=C2\Oc3ccccc3N(Cc3ccc(F)cc3)C2=O)cc1. The molecule has 4 aromatic rings. The Balaban J connectivity index is 1.01. The van der Waals surface area contributed by atoms with Crippen molar-refractivity contribution in [2.45, 2.75) is 13.0 Å². The topological polar surface area (TPSA) is 78.0 Å². The van der Waals surface area contributed by atoms with E-state index in [1.807, 2.05) is 48.8 Å². The number of fused-ring (bicyclic) bond motifs is 1. The average Bonchev–Trinajstić information content (AvgIpc) is 3.07. The molecule has 2 aliphatic heterocycles. The first kappa shape index (κ1) is 29.1. The highest BCUT2D eigenvalue weighted by Gasteiger charge is 2.30. The minimum Gasteiger partial charge on any atom is -0.449 e. The summed E-state index contributed by atoms with van der Waals surface area (Å²) < 4.78 is 19.4. The number of pyridine rings is 1. The van der Waals surface area contributed by atoms with Crippen molar-refractivity contribution >= 4 is 29.3 Å².